The number of nitrogens with zero attached hydrogens (tertiary/aromatic N) is 2. The van der Waals surface area contributed by atoms with Crippen LogP contribution >= 0.6 is 15.6 Å². The molecule has 14 nitrogen and oxygen atoms in total. The third kappa shape index (κ3) is 18.5. The van der Waals surface area contributed by atoms with Gasteiger partial charge in [-0.3, -0.25) is 4.79 Å². The topological polar surface area (TPSA) is 213 Å². The van der Waals surface area contributed by atoms with E-state index < -0.39 is 44.8 Å². The maximum Gasteiger partial charge on any atom is 1.00 e. The quantitative estimate of drug-likeness (QED) is 0.0851. The smallest absolute Gasteiger partial charge is 0.780 e. The molecule has 1 aromatic carbocycles. The minimum absolute atomic E-state index is 0. The first kappa shape index (κ1) is 48.1. The van der Waals surface area contributed by atoms with E-state index in [0.29, 0.717) is 38.4 Å². The van der Waals surface area contributed by atoms with E-state index in [2.05, 4.69) is 14.2 Å². The molecular formula is C25H30N2Na4O12P2. The van der Waals surface area contributed by atoms with E-state index in [4.69, 9.17) is 9.57 Å². The van der Waals surface area contributed by atoms with Gasteiger partial charge in [-0.25, -0.2) is 4.79 Å². The van der Waals surface area contributed by atoms with Crippen molar-refractivity contribution in [2.45, 2.75) is 58.0 Å². The van der Waals surface area contributed by atoms with Crippen molar-refractivity contribution in [3.63, 3.8) is 0 Å². The fourth-order valence-corrected chi connectivity index (χ4v) is 4.97. The molecule has 45 heavy (non-hydrogen) atoms. The van der Waals surface area contributed by atoms with Gasteiger partial charge >= 0.3 is 124 Å². The van der Waals surface area contributed by atoms with E-state index in [0.717, 1.165) is 25.3 Å². The van der Waals surface area contributed by atoms with Crippen molar-refractivity contribution < 1.29 is 175 Å². The number of hydrogen-bond donors (Lipinski definition) is 0. The molecule has 0 saturated carbocycles. The molecule has 2 heterocycles. The summed E-state index contributed by atoms with van der Waals surface area (Å²) < 4.78 is 37.0. The summed E-state index contributed by atoms with van der Waals surface area (Å²) in [4.78, 5) is 78.2. The van der Waals surface area contributed by atoms with Crippen molar-refractivity contribution in [3.8, 4) is 11.5 Å². The van der Waals surface area contributed by atoms with Crippen LogP contribution in [0.15, 0.2) is 41.6 Å². The average Bonchev–Trinajstić information content (AvgIpc) is 2.85. The number of likely N-dealkylation sites (tertiary alicyclic amines) is 1. The summed E-state index contributed by atoms with van der Waals surface area (Å²) in [5.74, 6) is -2.97. The van der Waals surface area contributed by atoms with Gasteiger partial charge in [-0.2, -0.15) is 0 Å². The number of oxime groups is 1. The van der Waals surface area contributed by atoms with Gasteiger partial charge in [0.05, 0.1) is 5.71 Å². The van der Waals surface area contributed by atoms with Gasteiger partial charge in [0.1, 0.15) is 38.8 Å². The number of benzene rings is 1. The van der Waals surface area contributed by atoms with Crippen molar-refractivity contribution in [1.82, 2.24) is 4.90 Å². The third-order valence-electron chi connectivity index (χ3n) is 5.99. The molecule has 226 valence electrons. The van der Waals surface area contributed by atoms with Crippen molar-refractivity contribution in [1.29, 1.82) is 0 Å². The number of ether oxygens (including phenoxy) is 1. The molecule has 0 bridgehead atoms. The van der Waals surface area contributed by atoms with Crippen molar-refractivity contribution in [2.24, 2.45) is 5.16 Å². The van der Waals surface area contributed by atoms with E-state index in [1.165, 1.54) is 6.08 Å². The third-order valence-corrected chi connectivity index (χ3v) is 6.85. The number of carbonyl (C=O) groups excluding carboxylic acids is 2. The largest absolute Gasteiger partial charge is 1.00 e. The zero-order valence-corrected chi connectivity index (χ0v) is 36.1. The fraction of sp³-hybridized carbons (Fsp3) is 0.480. The van der Waals surface area contributed by atoms with Gasteiger partial charge in [-0.1, -0.05) is 23.4 Å². The summed E-state index contributed by atoms with van der Waals surface area (Å²) >= 11 is 0. The van der Waals surface area contributed by atoms with Crippen LogP contribution < -0.4 is 147 Å². The zero-order valence-electron chi connectivity index (χ0n) is 26.3. The van der Waals surface area contributed by atoms with Crippen molar-refractivity contribution in [3.05, 3.63) is 47.6 Å². The number of amides is 1. The summed E-state index contributed by atoms with van der Waals surface area (Å²) in [5, 5.41) is 4.01. The number of esters is 1. The Kier molecular flexibility index (Phi) is 25.0. The number of piperidine rings is 1. The molecule has 0 spiro atoms. The van der Waals surface area contributed by atoms with E-state index in [1.54, 1.807) is 24.0 Å². The number of rotatable bonds is 7. The predicted molar refractivity (Wildman–Crippen MR) is 137 cm³/mol. The Bertz CT molecular complexity index is 1300. The zero-order chi connectivity index (χ0) is 30.0. The second kappa shape index (κ2) is 23.4. The molecule has 1 fully saturated rings. The van der Waals surface area contributed by atoms with Crippen LogP contribution in [0.5, 0.6) is 11.5 Å². The Morgan fingerprint density at radius 1 is 0.956 bits per heavy atom. The number of allylic oxidation sites excluding steroid dienone is 3. The molecule has 2 aliphatic rings. The molecule has 20 heteroatoms. The predicted octanol–water partition coefficient (Wildman–Crippen LogP) is -11.1. The van der Waals surface area contributed by atoms with Crippen LogP contribution in [0.4, 0.5) is 0 Å². The normalized spacial score (nSPS) is 19.8. The minimum Gasteiger partial charge on any atom is -0.780 e. The number of cyclic esters (lactones) is 1. The minimum atomic E-state index is -5.79. The van der Waals surface area contributed by atoms with Crippen LogP contribution in [0.25, 0.3) is 0 Å². The van der Waals surface area contributed by atoms with Crippen LogP contribution in [-0.2, 0) is 29.9 Å². The maximum absolute atomic E-state index is 13.2. The molecular weight excluding hydrogens is 674 g/mol. The van der Waals surface area contributed by atoms with Gasteiger partial charge in [0.25, 0.3) is 5.91 Å². The van der Waals surface area contributed by atoms with E-state index in [-0.39, 0.29) is 148 Å². The molecule has 0 aromatic heterocycles. The number of fused-ring (bicyclic) bond motifs is 1. The molecule has 1 amide bonds. The maximum atomic E-state index is 13.2. The number of phosphoric acid groups is 2. The molecule has 0 N–H and O–H groups in total. The average molecular weight is 704 g/mol. The summed E-state index contributed by atoms with van der Waals surface area (Å²) in [7, 11) is -11.4. The van der Waals surface area contributed by atoms with Gasteiger partial charge in [-0.05, 0) is 56.7 Å². The Labute approximate surface area is 350 Å². The van der Waals surface area contributed by atoms with Crippen LogP contribution in [0.1, 0.15) is 61.4 Å². The van der Waals surface area contributed by atoms with E-state index in [1.807, 2.05) is 6.08 Å². The second-order valence-corrected chi connectivity index (χ2v) is 11.6. The summed E-state index contributed by atoms with van der Waals surface area (Å²) in [6.45, 7) is 2.44. The van der Waals surface area contributed by atoms with Crippen LogP contribution in [0.2, 0.25) is 0 Å². The van der Waals surface area contributed by atoms with Crippen LogP contribution in [-0.4, -0.2) is 48.3 Å². The molecule has 0 aliphatic carbocycles. The Morgan fingerprint density at radius 3 is 2.20 bits per heavy atom. The standard InChI is InChI=1S/C25H34N2O12P2.4Na/c1-18-10-6-3-2-4-7-11-20(26-36-17-23(28)27-12-8-5-9-13-27)14-19-15-21(38-40(30,31)32)16-22(39-41(33,34)35)24(19)25(29)37-18;;;;/h3,6-7,11,15-16,18H,2,4-5,8-10,12-14,17H2,1H3,(H2,30,31,32)(H2,33,34,35);;;;/q;4*+1/p-4/b6-3+,11-7+,26-20+;;;;/t18-;;;;/m1..../s1. The molecule has 1 atom stereocenters. The van der Waals surface area contributed by atoms with Crippen LogP contribution in [0, 0.1) is 0 Å². The number of hydrogen-bond acceptors (Lipinski definition) is 13. The van der Waals surface area contributed by atoms with Gasteiger partial charge in [-0.15, -0.1) is 0 Å². The van der Waals surface area contributed by atoms with Gasteiger partial charge in [0.2, 0.25) is 0 Å². The molecule has 1 aromatic rings. The first-order valence-corrected chi connectivity index (χ1v) is 15.8. The molecule has 2 aliphatic heterocycles. The van der Waals surface area contributed by atoms with Gasteiger partial charge < -0.3 is 52.2 Å². The summed E-state index contributed by atoms with van der Waals surface area (Å²) in [6, 6.07) is 1.59. The van der Waals surface area contributed by atoms with Crippen molar-refractivity contribution >= 4 is 33.2 Å². The number of carbonyl (C=O) groups is 2. The van der Waals surface area contributed by atoms with E-state index in [9.17, 15) is 38.3 Å². The van der Waals surface area contributed by atoms with Crippen LogP contribution in [0.3, 0.4) is 0 Å². The molecule has 1 saturated heterocycles. The Morgan fingerprint density at radius 2 is 1.58 bits per heavy atom. The van der Waals surface area contributed by atoms with E-state index >= 15 is 0 Å². The Balaban J connectivity index is 0. The summed E-state index contributed by atoms with van der Waals surface area (Å²) in [5.41, 5.74) is -0.560. The second-order valence-electron chi connectivity index (χ2n) is 9.41. The monoisotopic (exact) mass is 704 g/mol. The first-order valence-electron chi connectivity index (χ1n) is 12.9. The molecule has 0 unspecified atom stereocenters. The SMILES string of the molecule is C[C@@H]1C/C=C/CC/C=C/C(=N\OCC(=O)N2CCCCC2)Cc2cc(OP(=O)([O-])[O-])cc(OP(=O)([O-])[O-])c2C(=O)O1.[Na+].[Na+].[Na+].[Na+]. The molecule has 3 rings (SSSR count). The van der Waals surface area contributed by atoms with Gasteiger partial charge in [0.15, 0.2) is 6.61 Å². The summed E-state index contributed by atoms with van der Waals surface area (Å²) in [6.07, 6.45) is 10.3. The molecule has 0 radical (unpaired) electrons. The Hall–Kier alpha value is 1.01. The fourth-order valence-electron chi connectivity index (χ4n) is 4.22. The number of phosphoric ester groups is 2. The first-order chi connectivity index (χ1) is 19.3. The van der Waals surface area contributed by atoms with Gasteiger partial charge in [0, 0.05) is 32.0 Å². The van der Waals surface area contributed by atoms with Crippen molar-refractivity contribution in [2.75, 3.05) is 19.7 Å².